The normalized spacial score (nSPS) is 11.6. The summed E-state index contributed by atoms with van der Waals surface area (Å²) < 4.78 is 2.13. The fourth-order valence-corrected chi connectivity index (χ4v) is 2.13. The van der Waals surface area contributed by atoms with Crippen LogP contribution in [0.1, 0.15) is 26.2 Å². The Morgan fingerprint density at radius 1 is 1.50 bits per heavy atom. The molecule has 0 spiro atoms. The average molecular weight is 367 g/mol. The van der Waals surface area contributed by atoms with Crippen LogP contribution in [0.2, 0.25) is 0 Å². The molecule has 1 heterocycles. The summed E-state index contributed by atoms with van der Waals surface area (Å²) in [6.07, 6.45) is 4.56. The summed E-state index contributed by atoms with van der Waals surface area (Å²) in [7, 11) is 0. The highest BCUT2D eigenvalue weighted by Gasteiger charge is 2.11. The molecule has 3 N–H and O–H groups in total. The van der Waals surface area contributed by atoms with Crippen molar-refractivity contribution in [3.8, 4) is 0 Å². The Bertz CT molecular complexity index is 479. The number of carbonyl (C=O) groups excluding carboxylic acids is 1. The number of pyridine rings is 1. The first-order valence-corrected chi connectivity index (χ1v) is 7.21. The number of halogens is 2. The number of nitrogens with two attached hydrogens (primary N) is 1. The molecule has 1 aromatic rings. The number of amides is 1. The lowest BCUT2D eigenvalue weighted by Gasteiger charge is -2.16. The van der Waals surface area contributed by atoms with Gasteiger partial charge in [-0.15, -0.1) is 12.4 Å². The molecule has 0 aromatic carbocycles. The van der Waals surface area contributed by atoms with Gasteiger partial charge < -0.3 is 15.6 Å². The Morgan fingerprint density at radius 3 is 2.80 bits per heavy atom. The number of hydrogen-bond donors (Lipinski definition) is 2. The zero-order valence-corrected chi connectivity index (χ0v) is 13.9. The summed E-state index contributed by atoms with van der Waals surface area (Å²) in [5, 5.41) is 2.86. The Balaban J connectivity index is 0.00000361. The maximum absolute atomic E-state index is 11.9. The number of unbranched alkanes of at least 4 members (excludes halogenated alkanes) is 1. The van der Waals surface area contributed by atoms with Crippen molar-refractivity contribution in [1.29, 1.82) is 0 Å². The molecule has 0 radical (unpaired) electrons. The van der Waals surface area contributed by atoms with Gasteiger partial charge in [-0.25, -0.2) is 0 Å². The van der Waals surface area contributed by atoms with Crippen LogP contribution in [0, 0.1) is 0 Å². The van der Waals surface area contributed by atoms with Crippen molar-refractivity contribution in [3.05, 3.63) is 33.2 Å². The lowest BCUT2D eigenvalue weighted by molar-refractivity contribution is -0.122. The van der Waals surface area contributed by atoms with Crippen LogP contribution in [0.5, 0.6) is 0 Å². The van der Waals surface area contributed by atoms with E-state index in [9.17, 15) is 9.59 Å². The number of carbonyl (C=O) groups is 1. The van der Waals surface area contributed by atoms with Gasteiger partial charge >= 0.3 is 0 Å². The van der Waals surface area contributed by atoms with Gasteiger partial charge in [-0.3, -0.25) is 9.59 Å². The number of hydrogen-bond acceptors (Lipinski definition) is 3. The Labute approximate surface area is 133 Å². The molecule has 0 saturated carbocycles. The number of aromatic nitrogens is 1. The van der Waals surface area contributed by atoms with Crippen LogP contribution < -0.4 is 16.6 Å². The van der Waals surface area contributed by atoms with Crippen LogP contribution in [0.25, 0.3) is 0 Å². The summed E-state index contributed by atoms with van der Waals surface area (Å²) in [6, 6.07) is 3.06. The molecule has 5 nitrogen and oxygen atoms in total. The molecule has 0 saturated heterocycles. The molecule has 0 bridgehead atoms. The molecular formula is C13H21BrClN3O2. The lowest BCUT2D eigenvalue weighted by atomic mass is 10.1. The van der Waals surface area contributed by atoms with Crippen LogP contribution in [-0.4, -0.2) is 23.1 Å². The SMILES string of the molecule is CCCCC(CN)NC(=O)Cn1cc(Br)ccc1=O.Cl. The largest absolute Gasteiger partial charge is 0.351 e. The summed E-state index contributed by atoms with van der Waals surface area (Å²) in [5.74, 6) is -0.188. The van der Waals surface area contributed by atoms with E-state index in [0.717, 1.165) is 23.7 Å². The van der Waals surface area contributed by atoms with Crippen molar-refractivity contribution >= 4 is 34.2 Å². The highest BCUT2D eigenvalue weighted by atomic mass is 79.9. The van der Waals surface area contributed by atoms with Gasteiger partial charge in [0.05, 0.1) is 0 Å². The quantitative estimate of drug-likeness (QED) is 0.770. The summed E-state index contributed by atoms with van der Waals surface area (Å²) in [4.78, 5) is 23.4. The van der Waals surface area contributed by atoms with E-state index in [1.807, 2.05) is 0 Å². The highest BCUT2D eigenvalue weighted by molar-refractivity contribution is 9.10. The van der Waals surface area contributed by atoms with Crippen LogP contribution in [0.3, 0.4) is 0 Å². The van der Waals surface area contributed by atoms with Gasteiger partial charge in [-0.05, 0) is 28.4 Å². The maximum Gasteiger partial charge on any atom is 0.251 e. The molecule has 1 aromatic heterocycles. The minimum atomic E-state index is -0.198. The number of rotatable bonds is 7. The van der Waals surface area contributed by atoms with E-state index in [0.29, 0.717) is 6.54 Å². The molecule has 1 atom stereocenters. The number of nitrogens with zero attached hydrogens (tertiary/aromatic N) is 1. The minimum absolute atomic E-state index is 0. The van der Waals surface area contributed by atoms with Gasteiger partial charge in [0.15, 0.2) is 0 Å². The first kappa shape index (κ1) is 19.1. The Morgan fingerprint density at radius 2 is 2.20 bits per heavy atom. The highest BCUT2D eigenvalue weighted by Crippen LogP contribution is 2.05. The van der Waals surface area contributed by atoms with Crippen molar-refractivity contribution in [2.75, 3.05) is 6.54 Å². The lowest BCUT2D eigenvalue weighted by Crippen LogP contribution is -2.42. The molecule has 1 unspecified atom stereocenters. The smallest absolute Gasteiger partial charge is 0.251 e. The molecule has 0 fully saturated rings. The van der Waals surface area contributed by atoms with Gasteiger partial charge in [0, 0.05) is 29.3 Å². The molecule has 7 heteroatoms. The van der Waals surface area contributed by atoms with Crippen LogP contribution in [0.15, 0.2) is 27.6 Å². The van der Waals surface area contributed by atoms with E-state index < -0.39 is 0 Å². The molecule has 0 aliphatic carbocycles. The van der Waals surface area contributed by atoms with Gasteiger partial charge in [0.25, 0.3) is 5.56 Å². The zero-order chi connectivity index (χ0) is 14.3. The standard InChI is InChI=1S/C13H20BrN3O2.ClH/c1-2-3-4-11(7-15)16-12(18)9-17-8-10(14)5-6-13(17)19;/h5-6,8,11H,2-4,7,9,15H2,1H3,(H,16,18);1H. The van der Waals surface area contributed by atoms with Crippen LogP contribution in [-0.2, 0) is 11.3 Å². The minimum Gasteiger partial charge on any atom is -0.351 e. The Hall–Kier alpha value is -0.850. The van der Waals surface area contributed by atoms with Gasteiger partial charge in [-0.2, -0.15) is 0 Å². The molecular weight excluding hydrogens is 346 g/mol. The van der Waals surface area contributed by atoms with Crippen molar-refractivity contribution in [1.82, 2.24) is 9.88 Å². The van der Waals surface area contributed by atoms with E-state index >= 15 is 0 Å². The maximum atomic E-state index is 11.9. The van der Waals surface area contributed by atoms with Crippen molar-refractivity contribution in [2.45, 2.75) is 38.8 Å². The predicted octanol–water partition coefficient (Wildman–Crippen LogP) is 1.67. The third-order valence-corrected chi connectivity index (χ3v) is 3.29. The first-order valence-electron chi connectivity index (χ1n) is 6.42. The molecule has 114 valence electrons. The zero-order valence-electron chi connectivity index (χ0n) is 11.5. The fraction of sp³-hybridized carbons (Fsp3) is 0.538. The molecule has 0 aliphatic heterocycles. The van der Waals surface area contributed by atoms with Crippen LogP contribution in [0.4, 0.5) is 0 Å². The molecule has 20 heavy (non-hydrogen) atoms. The van der Waals surface area contributed by atoms with Gasteiger partial charge in [0.2, 0.25) is 5.91 Å². The van der Waals surface area contributed by atoms with E-state index in [-0.39, 0.29) is 36.5 Å². The first-order chi connectivity index (χ1) is 9.06. The third-order valence-electron chi connectivity index (χ3n) is 2.82. The van der Waals surface area contributed by atoms with E-state index in [1.54, 1.807) is 12.3 Å². The summed E-state index contributed by atoms with van der Waals surface area (Å²) >= 11 is 3.27. The fourth-order valence-electron chi connectivity index (χ4n) is 1.75. The van der Waals surface area contributed by atoms with E-state index in [4.69, 9.17) is 5.73 Å². The van der Waals surface area contributed by atoms with Crippen LogP contribution >= 0.6 is 28.3 Å². The van der Waals surface area contributed by atoms with E-state index in [2.05, 4.69) is 28.2 Å². The van der Waals surface area contributed by atoms with Gasteiger partial charge in [0.1, 0.15) is 6.54 Å². The summed E-state index contributed by atoms with van der Waals surface area (Å²) in [5.41, 5.74) is 5.42. The molecule has 0 aliphatic rings. The average Bonchev–Trinajstić information content (AvgIpc) is 2.38. The third kappa shape index (κ3) is 6.54. The predicted molar refractivity (Wildman–Crippen MR) is 86.2 cm³/mol. The second-order valence-electron chi connectivity index (χ2n) is 4.46. The summed E-state index contributed by atoms with van der Waals surface area (Å²) in [6.45, 7) is 2.52. The molecule has 1 rings (SSSR count). The van der Waals surface area contributed by atoms with Crippen molar-refractivity contribution in [2.24, 2.45) is 5.73 Å². The topological polar surface area (TPSA) is 77.1 Å². The van der Waals surface area contributed by atoms with Gasteiger partial charge in [-0.1, -0.05) is 19.8 Å². The second-order valence-corrected chi connectivity index (χ2v) is 5.37. The monoisotopic (exact) mass is 365 g/mol. The van der Waals surface area contributed by atoms with E-state index in [1.165, 1.54) is 10.6 Å². The van der Waals surface area contributed by atoms with Crippen molar-refractivity contribution < 1.29 is 4.79 Å². The second kappa shape index (κ2) is 9.96. The molecule has 1 amide bonds. The number of nitrogens with one attached hydrogen (secondary N) is 1. The Kier molecular flexibility index (Phi) is 9.54. The van der Waals surface area contributed by atoms with Crippen molar-refractivity contribution in [3.63, 3.8) is 0 Å².